The van der Waals surface area contributed by atoms with E-state index in [0.717, 1.165) is 0 Å². The molecule has 1 heterocycles. The highest BCUT2D eigenvalue weighted by molar-refractivity contribution is 6.31. The number of rotatable bonds is 7. The van der Waals surface area contributed by atoms with Crippen molar-refractivity contribution in [3.63, 3.8) is 0 Å². The van der Waals surface area contributed by atoms with Crippen LogP contribution in [0.15, 0.2) is 42.5 Å². The van der Waals surface area contributed by atoms with Gasteiger partial charge in [-0.1, -0.05) is 29.8 Å². The highest BCUT2D eigenvalue weighted by atomic mass is 35.5. The number of carbonyl (C=O) groups excluding carboxylic acids is 1. The zero-order chi connectivity index (χ0) is 19.9. The number of benzene rings is 2. The fourth-order valence-corrected chi connectivity index (χ4v) is 3.36. The Morgan fingerprint density at radius 3 is 2.36 bits per heavy atom. The Morgan fingerprint density at radius 2 is 1.71 bits per heavy atom. The lowest BCUT2D eigenvalue weighted by Crippen LogP contribution is -2.49. The molecule has 0 aromatic heterocycles. The molecule has 1 aliphatic rings. The number of carbonyl (C=O) groups is 1. The van der Waals surface area contributed by atoms with E-state index < -0.39 is 0 Å². The molecule has 1 amide bonds. The molecule has 0 spiro atoms. The fraction of sp³-hybridized carbons (Fsp3) is 0.381. The van der Waals surface area contributed by atoms with Crippen LogP contribution in [0.5, 0.6) is 11.5 Å². The SMILES string of the molecule is CCOc1ccccc1OCC(=O)N1CCN(Cc2c(F)cccc2Cl)CC1. The van der Waals surface area contributed by atoms with E-state index in [-0.39, 0.29) is 18.3 Å². The Bertz CT molecular complexity index is 790. The maximum absolute atomic E-state index is 14.0. The molecule has 0 radical (unpaired) electrons. The molecule has 0 unspecified atom stereocenters. The molecule has 3 rings (SSSR count). The summed E-state index contributed by atoms with van der Waals surface area (Å²) in [5.41, 5.74) is 0.500. The van der Waals surface area contributed by atoms with E-state index in [4.69, 9.17) is 21.1 Å². The molecule has 1 saturated heterocycles. The topological polar surface area (TPSA) is 42.0 Å². The molecular weight excluding hydrogens is 383 g/mol. The zero-order valence-electron chi connectivity index (χ0n) is 15.9. The molecular formula is C21H24ClFN2O3. The van der Waals surface area contributed by atoms with Crippen LogP contribution in [0.1, 0.15) is 12.5 Å². The van der Waals surface area contributed by atoms with Crippen LogP contribution in [0.4, 0.5) is 4.39 Å². The summed E-state index contributed by atoms with van der Waals surface area (Å²) in [6.07, 6.45) is 0. The Kier molecular flexibility index (Phi) is 7.12. The van der Waals surface area contributed by atoms with Crippen LogP contribution in [0.3, 0.4) is 0 Å². The standard InChI is InChI=1S/C21H24ClFN2O3/c1-2-27-19-8-3-4-9-20(19)28-15-21(26)25-12-10-24(11-13-25)14-16-17(22)6-5-7-18(16)23/h3-9H,2,10-15H2,1H3. The second kappa shape index (κ2) is 9.75. The molecule has 0 atom stereocenters. The van der Waals surface area contributed by atoms with Gasteiger partial charge in [0.1, 0.15) is 5.82 Å². The van der Waals surface area contributed by atoms with Crippen molar-refractivity contribution in [3.8, 4) is 11.5 Å². The summed E-state index contributed by atoms with van der Waals surface area (Å²) in [5.74, 6) is 0.817. The largest absolute Gasteiger partial charge is 0.490 e. The van der Waals surface area contributed by atoms with Crippen molar-refractivity contribution < 1.29 is 18.7 Å². The van der Waals surface area contributed by atoms with Gasteiger partial charge in [-0.15, -0.1) is 0 Å². The summed E-state index contributed by atoms with van der Waals surface area (Å²) in [6, 6.07) is 12.0. The van der Waals surface area contributed by atoms with Gasteiger partial charge in [-0.3, -0.25) is 9.69 Å². The fourth-order valence-electron chi connectivity index (χ4n) is 3.14. The van der Waals surface area contributed by atoms with Crippen molar-refractivity contribution in [3.05, 3.63) is 58.9 Å². The maximum atomic E-state index is 14.0. The number of ether oxygens (including phenoxy) is 2. The van der Waals surface area contributed by atoms with Gasteiger partial charge in [-0.2, -0.15) is 0 Å². The van der Waals surface area contributed by atoms with Gasteiger partial charge < -0.3 is 14.4 Å². The number of para-hydroxylation sites is 2. The molecule has 0 saturated carbocycles. The lowest BCUT2D eigenvalue weighted by molar-refractivity contribution is -0.135. The smallest absolute Gasteiger partial charge is 0.260 e. The average Bonchev–Trinajstić information content (AvgIpc) is 2.71. The summed E-state index contributed by atoms with van der Waals surface area (Å²) in [4.78, 5) is 16.3. The van der Waals surface area contributed by atoms with Gasteiger partial charge in [0.25, 0.3) is 5.91 Å². The second-order valence-corrected chi connectivity index (χ2v) is 6.93. The monoisotopic (exact) mass is 406 g/mol. The lowest BCUT2D eigenvalue weighted by atomic mass is 10.2. The van der Waals surface area contributed by atoms with Crippen molar-refractivity contribution in [1.82, 2.24) is 9.80 Å². The van der Waals surface area contributed by atoms with E-state index in [0.29, 0.717) is 61.4 Å². The van der Waals surface area contributed by atoms with Gasteiger partial charge in [0.15, 0.2) is 18.1 Å². The van der Waals surface area contributed by atoms with Crippen LogP contribution < -0.4 is 9.47 Å². The third-order valence-electron chi connectivity index (χ3n) is 4.67. The summed E-state index contributed by atoms with van der Waals surface area (Å²) >= 11 is 6.10. The lowest BCUT2D eigenvalue weighted by Gasteiger charge is -2.34. The normalized spacial score (nSPS) is 14.8. The van der Waals surface area contributed by atoms with Gasteiger partial charge in [0, 0.05) is 43.3 Å². The van der Waals surface area contributed by atoms with E-state index in [1.807, 2.05) is 25.1 Å². The van der Waals surface area contributed by atoms with E-state index in [2.05, 4.69) is 4.90 Å². The molecule has 2 aromatic carbocycles. The summed E-state index contributed by atoms with van der Waals surface area (Å²) < 4.78 is 25.1. The number of amides is 1. The highest BCUT2D eigenvalue weighted by Crippen LogP contribution is 2.26. The van der Waals surface area contributed by atoms with Gasteiger partial charge in [0.05, 0.1) is 6.61 Å². The predicted octanol–water partition coefficient (Wildman–Crippen LogP) is 3.60. The van der Waals surface area contributed by atoms with E-state index in [9.17, 15) is 9.18 Å². The van der Waals surface area contributed by atoms with E-state index in [1.165, 1.54) is 6.07 Å². The average molecular weight is 407 g/mol. The highest BCUT2D eigenvalue weighted by Gasteiger charge is 2.23. The molecule has 2 aromatic rings. The van der Waals surface area contributed by atoms with Crippen LogP contribution in [0, 0.1) is 5.82 Å². The maximum Gasteiger partial charge on any atom is 0.260 e. The third kappa shape index (κ3) is 5.14. The quantitative estimate of drug-likeness (QED) is 0.704. The molecule has 150 valence electrons. The molecule has 0 aliphatic carbocycles. The van der Waals surface area contributed by atoms with Crippen molar-refractivity contribution >= 4 is 17.5 Å². The second-order valence-electron chi connectivity index (χ2n) is 6.53. The van der Waals surface area contributed by atoms with Crippen LogP contribution in [-0.2, 0) is 11.3 Å². The molecule has 0 bridgehead atoms. The first-order chi connectivity index (χ1) is 13.6. The third-order valence-corrected chi connectivity index (χ3v) is 5.02. The summed E-state index contributed by atoms with van der Waals surface area (Å²) in [5, 5.41) is 0.430. The molecule has 1 fully saturated rings. The zero-order valence-corrected chi connectivity index (χ0v) is 16.6. The minimum Gasteiger partial charge on any atom is -0.490 e. The van der Waals surface area contributed by atoms with E-state index in [1.54, 1.807) is 23.1 Å². The van der Waals surface area contributed by atoms with Crippen LogP contribution in [0.2, 0.25) is 5.02 Å². The summed E-state index contributed by atoms with van der Waals surface area (Å²) in [7, 11) is 0. The minimum atomic E-state index is -0.299. The van der Waals surface area contributed by atoms with Gasteiger partial charge in [-0.05, 0) is 31.2 Å². The van der Waals surface area contributed by atoms with Crippen molar-refractivity contribution in [2.45, 2.75) is 13.5 Å². The Hall–Kier alpha value is -2.31. The minimum absolute atomic E-state index is 0.0385. The molecule has 5 nitrogen and oxygen atoms in total. The van der Waals surface area contributed by atoms with Gasteiger partial charge in [0.2, 0.25) is 0 Å². The summed E-state index contributed by atoms with van der Waals surface area (Å²) in [6.45, 7) is 5.29. The first-order valence-electron chi connectivity index (χ1n) is 9.36. The first kappa shape index (κ1) is 20.4. The molecule has 1 aliphatic heterocycles. The van der Waals surface area contributed by atoms with Crippen LogP contribution in [-0.4, -0.2) is 55.1 Å². The number of nitrogens with zero attached hydrogens (tertiary/aromatic N) is 2. The molecule has 7 heteroatoms. The number of hydrogen-bond acceptors (Lipinski definition) is 4. The number of hydrogen-bond donors (Lipinski definition) is 0. The molecule has 28 heavy (non-hydrogen) atoms. The van der Waals surface area contributed by atoms with Crippen molar-refractivity contribution in [2.24, 2.45) is 0 Å². The van der Waals surface area contributed by atoms with E-state index >= 15 is 0 Å². The van der Waals surface area contributed by atoms with Crippen LogP contribution >= 0.6 is 11.6 Å². The Morgan fingerprint density at radius 1 is 1.04 bits per heavy atom. The van der Waals surface area contributed by atoms with Gasteiger partial charge in [-0.25, -0.2) is 4.39 Å². The Balaban J connectivity index is 1.49. The van der Waals surface area contributed by atoms with Gasteiger partial charge >= 0.3 is 0 Å². The van der Waals surface area contributed by atoms with Crippen molar-refractivity contribution in [2.75, 3.05) is 39.4 Å². The van der Waals surface area contributed by atoms with Crippen LogP contribution in [0.25, 0.3) is 0 Å². The predicted molar refractivity (Wildman–Crippen MR) is 106 cm³/mol. The first-order valence-corrected chi connectivity index (χ1v) is 9.74. The number of piperazine rings is 1. The van der Waals surface area contributed by atoms with Crippen molar-refractivity contribution in [1.29, 1.82) is 0 Å². The molecule has 0 N–H and O–H groups in total. The Labute approximate surface area is 169 Å². The number of halogens is 2.